The minimum absolute atomic E-state index is 0.0664. The predicted molar refractivity (Wildman–Crippen MR) is 159 cm³/mol. The molecular weight excluding hydrogens is 644 g/mol. The van der Waals surface area contributed by atoms with Crippen LogP contribution >= 0.6 is 0 Å². The molecular formula is C31H38O17. The quantitative estimate of drug-likeness (QED) is 0.0934. The van der Waals surface area contributed by atoms with Crippen molar-refractivity contribution in [3.8, 4) is 23.0 Å². The van der Waals surface area contributed by atoms with Gasteiger partial charge in [0.15, 0.2) is 23.9 Å². The lowest BCUT2D eigenvalue weighted by Crippen LogP contribution is -2.63. The number of aliphatic hydroxyl groups excluding tert-OH is 6. The van der Waals surface area contributed by atoms with E-state index in [9.17, 15) is 45.3 Å². The monoisotopic (exact) mass is 682 g/mol. The van der Waals surface area contributed by atoms with Crippen LogP contribution in [-0.2, 0) is 28.5 Å². The Morgan fingerprint density at radius 2 is 1.54 bits per heavy atom. The van der Waals surface area contributed by atoms with Crippen LogP contribution < -0.4 is 14.2 Å². The van der Waals surface area contributed by atoms with Crippen molar-refractivity contribution in [1.82, 2.24) is 0 Å². The molecule has 2 fully saturated rings. The van der Waals surface area contributed by atoms with Gasteiger partial charge in [-0.1, -0.05) is 0 Å². The first kappa shape index (κ1) is 36.8. The maximum absolute atomic E-state index is 12.8. The molecule has 0 saturated carbocycles. The van der Waals surface area contributed by atoms with Gasteiger partial charge in [0.2, 0.25) is 11.5 Å². The van der Waals surface area contributed by atoms with Crippen molar-refractivity contribution in [3.63, 3.8) is 0 Å². The minimum atomic E-state index is -2.47. The summed E-state index contributed by atoms with van der Waals surface area (Å²) in [5, 5.41) is 72.6. The van der Waals surface area contributed by atoms with Crippen molar-refractivity contribution >= 4 is 18.0 Å². The van der Waals surface area contributed by atoms with Crippen molar-refractivity contribution in [2.45, 2.75) is 54.8 Å². The van der Waals surface area contributed by atoms with E-state index in [1.165, 1.54) is 51.7 Å². The van der Waals surface area contributed by atoms with Crippen LogP contribution in [0.4, 0.5) is 0 Å². The fourth-order valence-electron chi connectivity index (χ4n) is 5.12. The number of carbonyl (C=O) groups is 2. The summed E-state index contributed by atoms with van der Waals surface area (Å²) in [5.74, 6) is -3.50. The molecule has 2 aromatic carbocycles. The molecule has 2 saturated heterocycles. The minimum Gasteiger partial charge on any atom is -0.508 e. The fourth-order valence-corrected chi connectivity index (χ4v) is 5.12. The molecule has 0 aliphatic carbocycles. The smallest absolute Gasteiger partial charge is 0.338 e. The van der Waals surface area contributed by atoms with E-state index in [0.29, 0.717) is 22.8 Å². The van der Waals surface area contributed by atoms with Crippen LogP contribution in [0.5, 0.6) is 23.0 Å². The number of hydrogen-bond donors (Lipinski definition) is 7. The molecule has 4 rings (SSSR count). The van der Waals surface area contributed by atoms with Gasteiger partial charge in [-0.3, -0.25) is 0 Å². The highest BCUT2D eigenvalue weighted by molar-refractivity contribution is 5.89. The first-order valence-electron chi connectivity index (χ1n) is 14.5. The van der Waals surface area contributed by atoms with Crippen LogP contribution in [0.3, 0.4) is 0 Å². The molecule has 48 heavy (non-hydrogen) atoms. The number of phenolic OH excluding ortho intramolecular Hbond substituents is 1. The Bertz CT molecular complexity index is 1410. The number of rotatable bonds is 13. The second-order valence-corrected chi connectivity index (χ2v) is 10.7. The van der Waals surface area contributed by atoms with Crippen LogP contribution in [0.1, 0.15) is 15.9 Å². The Kier molecular flexibility index (Phi) is 12.2. The highest BCUT2D eigenvalue weighted by Crippen LogP contribution is 2.39. The first-order chi connectivity index (χ1) is 22.9. The summed E-state index contributed by atoms with van der Waals surface area (Å²) >= 11 is 0. The lowest BCUT2D eigenvalue weighted by Gasteiger charge is -2.44. The van der Waals surface area contributed by atoms with Gasteiger partial charge in [0.1, 0.15) is 55.6 Å². The summed E-state index contributed by atoms with van der Waals surface area (Å²) < 4.78 is 42.9. The fraction of sp³-hybridized carbons (Fsp3) is 0.484. The topological polar surface area (TPSA) is 250 Å². The molecule has 0 spiro atoms. The molecule has 2 aliphatic heterocycles. The molecule has 17 heteroatoms. The Morgan fingerprint density at radius 3 is 2.10 bits per heavy atom. The second kappa shape index (κ2) is 15.9. The summed E-state index contributed by atoms with van der Waals surface area (Å²) in [6, 6.07) is 8.20. The van der Waals surface area contributed by atoms with Crippen LogP contribution in [0.2, 0.25) is 0 Å². The average molecular weight is 683 g/mol. The number of hydrogen-bond acceptors (Lipinski definition) is 17. The number of benzene rings is 2. The Hall–Kier alpha value is -4.04. The zero-order chi connectivity index (χ0) is 35.2. The van der Waals surface area contributed by atoms with Gasteiger partial charge in [0.05, 0.1) is 33.5 Å². The average Bonchev–Trinajstić information content (AvgIpc) is 3.33. The van der Waals surface area contributed by atoms with Gasteiger partial charge in [0, 0.05) is 6.08 Å². The summed E-state index contributed by atoms with van der Waals surface area (Å²) in [5.41, 5.74) is 0.500. The van der Waals surface area contributed by atoms with E-state index in [1.54, 1.807) is 12.1 Å². The zero-order valence-corrected chi connectivity index (χ0v) is 26.1. The van der Waals surface area contributed by atoms with Gasteiger partial charge in [-0.15, -0.1) is 0 Å². The number of phenols is 1. The third-order valence-corrected chi connectivity index (χ3v) is 7.70. The number of carbonyl (C=O) groups excluding carboxylic acids is 2. The van der Waals surface area contributed by atoms with Gasteiger partial charge < -0.3 is 73.6 Å². The van der Waals surface area contributed by atoms with E-state index in [2.05, 4.69) is 0 Å². The number of ether oxygens (including phenoxy) is 8. The number of aliphatic hydroxyl groups is 6. The van der Waals surface area contributed by atoms with Gasteiger partial charge >= 0.3 is 11.9 Å². The Balaban J connectivity index is 1.46. The molecule has 2 aliphatic rings. The molecule has 9 atom stereocenters. The number of esters is 2. The van der Waals surface area contributed by atoms with E-state index in [1.807, 2.05) is 0 Å². The summed E-state index contributed by atoms with van der Waals surface area (Å²) in [4.78, 5) is 25.2. The SMILES string of the molecule is COc1cc(/C=C/C(=O)O[C@@H]2[C@@H](O)[C@@H](O[C@]3(CO)O[C@H](COC(=O)c4ccc(O)cc4)[C@@H](O)[C@@H]3O)O[C@H](CO)[C@H]2O)cc(OC)c1OC. The van der Waals surface area contributed by atoms with E-state index >= 15 is 0 Å². The summed E-state index contributed by atoms with van der Waals surface area (Å²) in [6.07, 6.45) is -11.8. The molecule has 2 aromatic rings. The summed E-state index contributed by atoms with van der Waals surface area (Å²) in [7, 11) is 4.25. The van der Waals surface area contributed by atoms with Gasteiger partial charge in [-0.25, -0.2) is 9.59 Å². The predicted octanol–water partition coefficient (Wildman–Crippen LogP) is -1.54. The molecule has 0 bridgehead atoms. The molecule has 0 radical (unpaired) electrons. The summed E-state index contributed by atoms with van der Waals surface area (Å²) in [6.45, 7) is -2.57. The van der Waals surface area contributed by atoms with Crippen LogP contribution in [-0.4, -0.2) is 144 Å². The Labute approximate surface area is 274 Å². The standard InChI is InChI=1S/C31H38O17/c1-41-18-10-15(11-19(42-2)26(18)43-3)4-9-22(35)46-27-23(36)20(12-32)45-30(25(27)38)48-31(14-33)28(39)24(37)21(47-31)13-44-29(40)16-5-7-17(34)8-6-16/h4-11,20-21,23-25,27-28,30,32-34,36-39H,12-14H2,1-3H3/b9-4+/t20-,21-,23-,24-,25-,27+,28+,30-,31+/m1/s1. The normalized spacial score (nSPS) is 30.2. The third-order valence-electron chi connectivity index (χ3n) is 7.70. The second-order valence-electron chi connectivity index (χ2n) is 10.7. The molecule has 0 aromatic heterocycles. The van der Waals surface area contributed by atoms with Crippen molar-refractivity contribution < 1.29 is 83.2 Å². The molecule has 0 amide bonds. The highest BCUT2D eigenvalue weighted by atomic mass is 16.8. The third kappa shape index (κ3) is 7.81. The number of methoxy groups -OCH3 is 3. The lowest BCUT2D eigenvalue weighted by atomic mass is 9.98. The molecule has 264 valence electrons. The highest BCUT2D eigenvalue weighted by Gasteiger charge is 2.59. The van der Waals surface area contributed by atoms with Crippen molar-refractivity contribution in [2.75, 3.05) is 41.2 Å². The van der Waals surface area contributed by atoms with Crippen molar-refractivity contribution in [1.29, 1.82) is 0 Å². The molecule has 17 nitrogen and oxygen atoms in total. The maximum Gasteiger partial charge on any atom is 0.338 e. The van der Waals surface area contributed by atoms with Gasteiger partial charge in [-0.05, 0) is 48.0 Å². The van der Waals surface area contributed by atoms with E-state index in [0.717, 1.165) is 6.08 Å². The largest absolute Gasteiger partial charge is 0.508 e. The zero-order valence-electron chi connectivity index (χ0n) is 26.1. The van der Waals surface area contributed by atoms with Gasteiger partial charge in [0.25, 0.3) is 0 Å². The van der Waals surface area contributed by atoms with E-state index < -0.39 is 86.6 Å². The van der Waals surface area contributed by atoms with Crippen molar-refractivity contribution in [2.24, 2.45) is 0 Å². The van der Waals surface area contributed by atoms with Crippen molar-refractivity contribution in [3.05, 3.63) is 53.6 Å². The van der Waals surface area contributed by atoms with Crippen LogP contribution in [0.25, 0.3) is 6.08 Å². The molecule has 2 heterocycles. The maximum atomic E-state index is 12.8. The number of aromatic hydroxyl groups is 1. The Morgan fingerprint density at radius 1 is 0.896 bits per heavy atom. The molecule has 0 unspecified atom stereocenters. The first-order valence-corrected chi connectivity index (χ1v) is 14.5. The van der Waals surface area contributed by atoms with Crippen LogP contribution in [0.15, 0.2) is 42.5 Å². The van der Waals surface area contributed by atoms with Crippen LogP contribution in [0, 0.1) is 0 Å². The van der Waals surface area contributed by atoms with E-state index in [-0.39, 0.29) is 11.3 Å². The molecule has 7 N–H and O–H groups in total. The van der Waals surface area contributed by atoms with E-state index in [4.69, 9.17) is 37.9 Å². The van der Waals surface area contributed by atoms with Gasteiger partial charge in [-0.2, -0.15) is 0 Å². The lowest BCUT2D eigenvalue weighted by molar-refractivity contribution is -0.383.